The van der Waals surface area contributed by atoms with Gasteiger partial charge in [-0.15, -0.1) is 0 Å². The first-order chi connectivity index (χ1) is 3.93. The third-order valence-electron chi connectivity index (χ3n) is 0.805. The Hall–Kier alpha value is -0.765. The number of rotatable bonds is 2. The van der Waals surface area contributed by atoms with Crippen molar-refractivity contribution in [1.29, 1.82) is 0 Å². The lowest BCUT2D eigenvalue weighted by Gasteiger charge is -1.93. The second-order valence-corrected chi connectivity index (χ2v) is 1.32. The maximum absolute atomic E-state index is 8.08. The van der Waals surface area contributed by atoms with Crippen LogP contribution in [0.15, 0.2) is 16.8 Å². The van der Waals surface area contributed by atoms with Crippen LogP contribution in [0.3, 0.4) is 0 Å². The molecule has 0 aromatic rings. The number of nitrogens with zero attached hydrogens (tertiary/aromatic N) is 1. The zero-order valence-electron chi connectivity index (χ0n) is 4.24. The van der Waals surface area contributed by atoms with E-state index >= 15 is 0 Å². The van der Waals surface area contributed by atoms with Gasteiger partial charge in [0.2, 0.25) is 0 Å². The van der Waals surface area contributed by atoms with Crippen LogP contribution in [0.4, 0.5) is 0 Å². The fraction of sp³-hybridized carbons (Fsp3) is 0.250. The van der Waals surface area contributed by atoms with Gasteiger partial charge in [-0.2, -0.15) is 0 Å². The van der Waals surface area contributed by atoms with Crippen LogP contribution < -0.4 is 0 Å². The highest BCUT2D eigenvalue weighted by molar-refractivity contribution is 6.17. The molecule has 1 rings (SSSR count). The lowest BCUT2D eigenvalue weighted by atomic mass is 10.4. The summed E-state index contributed by atoms with van der Waals surface area (Å²) in [5, 5.41) is 8.08. The van der Waals surface area contributed by atoms with Gasteiger partial charge in [-0.3, -0.25) is 4.99 Å². The smallest absolute Gasteiger partial charge is 0.536 e. The number of hydrogen-bond acceptors (Lipinski definition) is 3. The topological polar surface area (TPSA) is 41.8 Å². The van der Waals surface area contributed by atoms with Crippen LogP contribution in [0.1, 0.15) is 0 Å². The van der Waals surface area contributed by atoms with Gasteiger partial charge in [-0.25, -0.2) is 0 Å². The molecular weight excluding hydrogens is 105 g/mol. The normalized spacial score (nSPS) is 15.9. The number of aliphatic imine (C=N–C) groups is 1. The zero-order valence-corrected chi connectivity index (χ0v) is 4.24. The molecule has 0 fully saturated rings. The molecule has 1 N–H and O–H groups in total. The van der Waals surface area contributed by atoms with Gasteiger partial charge < -0.3 is 9.68 Å². The molecule has 0 saturated heterocycles. The van der Waals surface area contributed by atoms with E-state index in [-0.39, 0.29) is 0 Å². The number of allylic oxidation sites excluding steroid dienone is 1. The molecule has 1 aliphatic rings. The van der Waals surface area contributed by atoms with Crippen molar-refractivity contribution in [1.82, 2.24) is 0 Å². The van der Waals surface area contributed by atoms with E-state index in [4.69, 9.17) is 5.02 Å². The Bertz CT molecular complexity index is 132. The summed E-state index contributed by atoms with van der Waals surface area (Å²) in [6.45, 7) is 0.656. The summed E-state index contributed by atoms with van der Waals surface area (Å²) in [4.78, 5) is 3.81. The summed E-state index contributed by atoms with van der Waals surface area (Å²) in [5.74, 6) is 0.604. The molecule has 3 nitrogen and oxygen atoms in total. The van der Waals surface area contributed by atoms with E-state index in [9.17, 15) is 0 Å². The SMILES string of the molecule is O[B]OC1=CCN=C1. The zero-order chi connectivity index (χ0) is 5.82. The van der Waals surface area contributed by atoms with Gasteiger partial charge in [0.05, 0.1) is 12.8 Å². The predicted molar refractivity (Wildman–Crippen MR) is 30.5 cm³/mol. The van der Waals surface area contributed by atoms with E-state index in [1.807, 2.05) is 0 Å². The Morgan fingerprint density at radius 1 is 1.88 bits per heavy atom. The van der Waals surface area contributed by atoms with Gasteiger partial charge in [-0.1, -0.05) is 0 Å². The van der Waals surface area contributed by atoms with Crippen LogP contribution in [0.2, 0.25) is 0 Å². The second-order valence-electron chi connectivity index (χ2n) is 1.32. The average molecular weight is 110 g/mol. The Morgan fingerprint density at radius 2 is 2.75 bits per heavy atom. The lowest BCUT2D eigenvalue weighted by molar-refractivity contribution is 0.391. The fourth-order valence-corrected chi connectivity index (χ4v) is 0.477. The molecule has 0 amide bonds. The summed E-state index contributed by atoms with van der Waals surface area (Å²) in [6.07, 6.45) is 3.33. The summed E-state index contributed by atoms with van der Waals surface area (Å²) < 4.78 is 4.55. The van der Waals surface area contributed by atoms with E-state index in [1.54, 1.807) is 12.3 Å². The number of hydrogen-bond donors (Lipinski definition) is 1. The highest BCUT2D eigenvalue weighted by Gasteiger charge is 1.97. The molecule has 4 heteroatoms. The van der Waals surface area contributed by atoms with Gasteiger partial charge >= 0.3 is 7.69 Å². The molecule has 0 spiro atoms. The highest BCUT2D eigenvalue weighted by atomic mass is 16.5. The van der Waals surface area contributed by atoms with E-state index < -0.39 is 0 Å². The van der Waals surface area contributed by atoms with E-state index in [2.05, 4.69) is 9.65 Å². The molecule has 41 valence electrons. The van der Waals surface area contributed by atoms with E-state index in [1.165, 1.54) is 0 Å². The van der Waals surface area contributed by atoms with Crippen molar-refractivity contribution in [3.63, 3.8) is 0 Å². The summed E-state index contributed by atoms with van der Waals surface area (Å²) in [5.41, 5.74) is 0. The fourth-order valence-electron chi connectivity index (χ4n) is 0.477. The van der Waals surface area contributed by atoms with Crippen molar-refractivity contribution in [2.45, 2.75) is 0 Å². The van der Waals surface area contributed by atoms with Crippen molar-refractivity contribution in [2.75, 3.05) is 6.54 Å². The van der Waals surface area contributed by atoms with Crippen LogP contribution >= 0.6 is 0 Å². The van der Waals surface area contributed by atoms with E-state index in [0.29, 0.717) is 20.0 Å². The third-order valence-corrected chi connectivity index (χ3v) is 0.805. The first kappa shape index (κ1) is 5.37. The Morgan fingerprint density at radius 3 is 3.25 bits per heavy atom. The summed E-state index contributed by atoms with van der Waals surface area (Å²) in [6, 6.07) is 0. The molecule has 8 heavy (non-hydrogen) atoms. The van der Waals surface area contributed by atoms with Crippen LogP contribution in [0, 0.1) is 0 Å². The monoisotopic (exact) mass is 110 g/mol. The van der Waals surface area contributed by atoms with Gasteiger partial charge in [0.15, 0.2) is 0 Å². The van der Waals surface area contributed by atoms with Crippen molar-refractivity contribution in [2.24, 2.45) is 4.99 Å². The highest BCUT2D eigenvalue weighted by Crippen LogP contribution is 1.97. The minimum absolute atomic E-state index is 0.604. The van der Waals surface area contributed by atoms with Gasteiger partial charge in [0.25, 0.3) is 0 Å². The predicted octanol–water partition coefficient (Wildman–Crippen LogP) is -0.502. The molecule has 0 unspecified atom stereocenters. The molecule has 1 heterocycles. The van der Waals surface area contributed by atoms with Crippen LogP contribution in [0.25, 0.3) is 0 Å². The van der Waals surface area contributed by atoms with Crippen LogP contribution in [-0.2, 0) is 4.65 Å². The Labute approximate surface area is 48.0 Å². The minimum atomic E-state index is 0.604. The summed E-state index contributed by atoms with van der Waals surface area (Å²) in [7, 11) is 0.642. The third kappa shape index (κ3) is 1.10. The maximum atomic E-state index is 8.08. The largest absolute Gasteiger partial charge is 0.569 e. The van der Waals surface area contributed by atoms with Gasteiger partial charge in [0, 0.05) is 0 Å². The standard InChI is InChI=1S/C4H5BNO2/c7-5-8-4-1-2-6-3-4/h1,3,7H,2H2. The van der Waals surface area contributed by atoms with Crippen molar-refractivity contribution < 1.29 is 9.68 Å². The molecule has 1 radical (unpaired) electrons. The van der Waals surface area contributed by atoms with Crippen LogP contribution in [-0.4, -0.2) is 25.5 Å². The van der Waals surface area contributed by atoms with Crippen molar-refractivity contribution in [3.05, 3.63) is 11.8 Å². The minimum Gasteiger partial charge on any atom is -0.536 e. The molecule has 0 aliphatic carbocycles. The van der Waals surface area contributed by atoms with Gasteiger partial charge in [0.1, 0.15) is 5.76 Å². The molecular formula is C4H5BNO2. The Kier molecular flexibility index (Phi) is 1.69. The average Bonchev–Trinajstić information content (AvgIpc) is 2.19. The molecule has 0 aromatic carbocycles. The first-order valence-corrected chi connectivity index (χ1v) is 2.26. The first-order valence-electron chi connectivity index (χ1n) is 2.26. The second kappa shape index (κ2) is 2.52. The molecule has 0 aromatic heterocycles. The molecule has 0 saturated carbocycles. The summed E-state index contributed by atoms with van der Waals surface area (Å²) >= 11 is 0. The van der Waals surface area contributed by atoms with Crippen molar-refractivity contribution in [3.8, 4) is 0 Å². The Balaban J connectivity index is 2.34. The van der Waals surface area contributed by atoms with Crippen molar-refractivity contribution >= 4 is 13.9 Å². The maximum Gasteiger partial charge on any atom is 0.569 e. The van der Waals surface area contributed by atoms with Crippen LogP contribution in [0.5, 0.6) is 0 Å². The molecule has 1 aliphatic heterocycles. The molecule has 0 bridgehead atoms. The lowest BCUT2D eigenvalue weighted by Crippen LogP contribution is -1.95. The quantitative estimate of drug-likeness (QED) is 0.486. The molecule has 0 atom stereocenters. The van der Waals surface area contributed by atoms with Gasteiger partial charge in [-0.05, 0) is 6.08 Å². The van der Waals surface area contributed by atoms with E-state index in [0.717, 1.165) is 0 Å².